The van der Waals surface area contributed by atoms with Gasteiger partial charge >= 0.3 is 0 Å². The first-order chi connectivity index (χ1) is 10.1. The summed E-state index contributed by atoms with van der Waals surface area (Å²) in [5.41, 5.74) is 7.19. The third-order valence-electron chi connectivity index (χ3n) is 5.21. The molecule has 2 atom stereocenters. The molecule has 5 heteroatoms. The molecule has 2 aliphatic rings. The van der Waals surface area contributed by atoms with Crippen LogP contribution in [0.4, 0.5) is 0 Å². The van der Waals surface area contributed by atoms with Crippen molar-refractivity contribution in [2.75, 3.05) is 13.1 Å². The number of benzene rings is 1. The zero-order valence-corrected chi connectivity index (χ0v) is 14.3. The summed E-state index contributed by atoms with van der Waals surface area (Å²) in [5.74, 6) is 0.690. The molecule has 122 valence electrons. The van der Waals surface area contributed by atoms with E-state index in [4.69, 9.17) is 17.3 Å². The predicted octanol–water partition coefficient (Wildman–Crippen LogP) is 3.28. The number of hydrogen-bond acceptors (Lipinski definition) is 2. The van der Waals surface area contributed by atoms with Gasteiger partial charge in [0, 0.05) is 22.9 Å². The Kier molecular flexibility index (Phi) is 5.76. The third-order valence-corrected chi connectivity index (χ3v) is 5.46. The normalized spacial score (nSPS) is 25.4. The molecule has 3 N–H and O–H groups in total. The maximum absolute atomic E-state index is 12.4. The van der Waals surface area contributed by atoms with E-state index >= 15 is 0 Å². The summed E-state index contributed by atoms with van der Waals surface area (Å²) in [6.07, 6.45) is 5.49. The van der Waals surface area contributed by atoms with E-state index in [0.717, 1.165) is 43.7 Å². The Labute approximate surface area is 143 Å². The highest BCUT2D eigenvalue weighted by atomic mass is 35.5. The fourth-order valence-electron chi connectivity index (χ4n) is 3.57. The molecule has 2 fully saturated rings. The molecule has 1 aromatic carbocycles. The first-order valence-corrected chi connectivity index (χ1v) is 8.26. The summed E-state index contributed by atoms with van der Waals surface area (Å²) in [4.78, 5) is 12.4. The van der Waals surface area contributed by atoms with Crippen LogP contribution in [0.3, 0.4) is 0 Å². The lowest BCUT2D eigenvalue weighted by atomic mass is 9.93. The topological polar surface area (TPSA) is 55.1 Å². The van der Waals surface area contributed by atoms with Crippen molar-refractivity contribution in [3.8, 4) is 0 Å². The lowest BCUT2D eigenvalue weighted by Crippen LogP contribution is -2.39. The minimum Gasteiger partial charge on any atom is -0.355 e. The van der Waals surface area contributed by atoms with E-state index < -0.39 is 0 Å². The molecule has 1 amide bonds. The number of carbonyl (C=O) groups is 1. The Morgan fingerprint density at radius 3 is 2.55 bits per heavy atom. The van der Waals surface area contributed by atoms with E-state index in [2.05, 4.69) is 17.4 Å². The Hall–Kier alpha value is -0.770. The summed E-state index contributed by atoms with van der Waals surface area (Å²) in [6.45, 7) is 1.36. The predicted molar refractivity (Wildman–Crippen MR) is 92.5 cm³/mol. The SMILES string of the molecule is Cl.NC[C@H]1CCC[C@H]1C(=O)NCC1(c2ccc(Cl)cc2)CC1. The van der Waals surface area contributed by atoms with Crippen molar-refractivity contribution in [1.29, 1.82) is 0 Å². The molecule has 0 saturated heterocycles. The number of nitrogens with one attached hydrogen (secondary N) is 1. The van der Waals surface area contributed by atoms with Crippen LogP contribution in [0, 0.1) is 11.8 Å². The van der Waals surface area contributed by atoms with Gasteiger partial charge in [-0.05, 0) is 55.8 Å². The minimum absolute atomic E-state index is 0. The average molecular weight is 343 g/mol. The molecule has 2 saturated carbocycles. The number of hydrogen-bond donors (Lipinski definition) is 2. The Morgan fingerprint density at radius 1 is 1.27 bits per heavy atom. The second kappa shape index (κ2) is 7.20. The van der Waals surface area contributed by atoms with Crippen molar-refractivity contribution in [3.63, 3.8) is 0 Å². The molecule has 0 unspecified atom stereocenters. The summed E-state index contributed by atoms with van der Waals surface area (Å²) in [7, 11) is 0. The molecule has 0 bridgehead atoms. The first-order valence-electron chi connectivity index (χ1n) is 7.88. The van der Waals surface area contributed by atoms with Crippen LogP contribution < -0.4 is 11.1 Å². The monoisotopic (exact) mass is 342 g/mol. The standard InChI is InChI=1S/C17H23ClN2O.ClH/c18-14-6-4-13(5-7-14)17(8-9-17)11-20-16(21)15-3-1-2-12(15)10-19;/h4-7,12,15H,1-3,8-11,19H2,(H,20,21);1H/t12-,15-;/m1./s1. The average Bonchev–Trinajstić information content (AvgIpc) is 3.13. The zero-order chi connectivity index (χ0) is 14.9. The van der Waals surface area contributed by atoms with Gasteiger partial charge in [0.15, 0.2) is 0 Å². The second-order valence-corrected chi connectivity index (χ2v) is 6.97. The van der Waals surface area contributed by atoms with Crippen molar-refractivity contribution in [1.82, 2.24) is 5.32 Å². The van der Waals surface area contributed by atoms with Crippen LogP contribution in [0.2, 0.25) is 5.02 Å². The van der Waals surface area contributed by atoms with Crippen molar-refractivity contribution in [2.45, 2.75) is 37.5 Å². The Bertz CT molecular complexity index is 514. The van der Waals surface area contributed by atoms with Crippen LogP contribution in [0.5, 0.6) is 0 Å². The molecule has 3 nitrogen and oxygen atoms in total. The van der Waals surface area contributed by atoms with Gasteiger partial charge in [-0.15, -0.1) is 12.4 Å². The van der Waals surface area contributed by atoms with Crippen molar-refractivity contribution < 1.29 is 4.79 Å². The molecule has 2 aliphatic carbocycles. The van der Waals surface area contributed by atoms with Gasteiger partial charge in [0.1, 0.15) is 0 Å². The van der Waals surface area contributed by atoms with Crippen LogP contribution >= 0.6 is 24.0 Å². The number of amides is 1. The van der Waals surface area contributed by atoms with Crippen molar-refractivity contribution in [2.24, 2.45) is 17.6 Å². The largest absolute Gasteiger partial charge is 0.355 e. The molecule has 0 heterocycles. The molecular weight excluding hydrogens is 319 g/mol. The van der Waals surface area contributed by atoms with E-state index in [1.54, 1.807) is 0 Å². The van der Waals surface area contributed by atoms with Crippen molar-refractivity contribution >= 4 is 29.9 Å². The number of nitrogens with two attached hydrogens (primary N) is 1. The summed E-state index contributed by atoms with van der Waals surface area (Å²) < 4.78 is 0. The Balaban J connectivity index is 0.00000176. The third kappa shape index (κ3) is 3.58. The molecule has 22 heavy (non-hydrogen) atoms. The van der Waals surface area contributed by atoms with Gasteiger partial charge in [-0.25, -0.2) is 0 Å². The highest BCUT2D eigenvalue weighted by Crippen LogP contribution is 2.48. The molecular formula is C17H24Cl2N2O. The van der Waals surface area contributed by atoms with Gasteiger partial charge in [-0.3, -0.25) is 4.79 Å². The molecule has 0 spiro atoms. The fraction of sp³-hybridized carbons (Fsp3) is 0.588. The second-order valence-electron chi connectivity index (χ2n) is 6.54. The summed E-state index contributed by atoms with van der Waals surface area (Å²) in [6, 6.07) is 8.03. The van der Waals surface area contributed by atoms with E-state index in [9.17, 15) is 4.79 Å². The van der Waals surface area contributed by atoms with Gasteiger partial charge in [-0.1, -0.05) is 30.2 Å². The number of rotatable bonds is 5. The maximum Gasteiger partial charge on any atom is 0.223 e. The number of carbonyl (C=O) groups excluding carboxylic acids is 1. The molecule has 0 aromatic heterocycles. The molecule has 0 radical (unpaired) electrons. The van der Waals surface area contributed by atoms with Gasteiger partial charge in [0.2, 0.25) is 5.91 Å². The number of halogens is 2. The highest BCUT2D eigenvalue weighted by Gasteiger charge is 2.45. The molecule has 3 rings (SSSR count). The van der Waals surface area contributed by atoms with E-state index in [1.165, 1.54) is 5.56 Å². The first kappa shape index (κ1) is 17.6. The molecule has 1 aromatic rings. The fourth-order valence-corrected chi connectivity index (χ4v) is 3.70. The summed E-state index contributed by atoms with van der Waals surface area (Å²) in [5, 5.41) is 3.94. The van der Waals surface area contributed by atoms with Crippen LogP contribution in [0.1, 0.15) is 37.7 Å². The van der Waals surface area contributed by atoms with Gasteiger partial charge in [-0.2, -0.15) is 0 Å². The van der Waals surface area contributed by atoms with E-state index in [-0.39, 0.29) is 29.6 Å². The lowest BCUT2D eigenvalue weighted by Gasteiger charge is -2.21. The lowest BCUT2D eigenvalue weighted by molar-refractivity contribution is -0.126. The van der Waals surface area contributed by atoms with Crippen LogP contribution in [0.15, 0.2) is 24.3 Å². The van der Waals surface area contributed by atoms with Crippen molar-refractivity contribution in [3.05, 3.63) is 34.9 Å². The smallest absolute Gasteiger partial charge is 0.223 e. The summed E-state index contributed by atoms with van der Waals surface area (Å²) >= 11 is 5.95. The van der Waals surface area contributed by atoms with E-state index in [1.807, 2.05) is 12.1 Å². The zero-order valence-electron chi connectivity index (χ0n) is 12.7. The van der Waals surface area contributed by atoms with Gasteiger partial charge in [0.05, 0.1) is 0 Å². The van der Waals surface area contributed by atoms with Crippen LogP contribution in [0.25, 0.3) is 0 Å². The Morgan fingerprint density at radius 2 is 1.95 bits per heavy atom. The van der Waals surface area contributed by atoms with E-state index in [0.29, 0.717) is 12.5 Å². The molecule has 0 aliphatic heterocycles. The maximum atomic E-state index is 12.4. The van der Waals surface area contributed by atoms with Gasteiger partial charge in [0.25, 0.3) is 0 Å². The highest BCUT2D eigenvalue weighted by molar-refractivity contribution is 6.30. The van der Waals surface area contributed by atoms with Gasteiger partial charge < -0.3 is 11.1 Å². The minimum atomic E-state index is 0. The van der Waals surface area contributed by atoms with Crippen LogP contribution in [-0.2, 0) is 10.2 Å². The quantitative estimate of drug-likeness (QED) is 0.862. The van der Waals surface area contributed by atoms with Crippen LogP contribution in [-0.4, -0.2) is 19.0 Å².